The summed E-state index contributed by atoms with van der Waals surface area (Å²) in [6.07, 6.45) is 1.60. The first-order valence-corrected chi connectivity index (χ1v) is 11.1. The summed E-state index contributed by atoms with van der Waals surface area (Å²) < 4.78 is 11.8. The molecule has 0 bridgehead atoms. The average molecular weight is 498 g/mol. The van der Waals surface area contributed by atoms with E-state index in [1.807, 2.05) is 19.1 Å². The van der Waals surface area contributed by atoms with Crippen LogP contribution in [0.5, 0.6) is 11.5 Å². The first-order valence-electron chi connectivity index (χ1n) is 9.09. The number of amides is 1. The Hall–Kier alpha value is -2.26. The van der Waals surface area contributed by atoms with Gasteiger partial charge in [0.1, 0.15) is 17.5 Å². The topological polar surface area (TPSA) is 76.1 Å². The van der Waals surface area contributed by atoms with Crippen molar-refractivity contribution in [2.45, 2.75) is 13.5 Å². The molecule has 0 atom stereocenters. The molecule has 31 heavy (non-hydrogen) atoms. The van der Waals surface area contributed by atoms with Crippen LogP contribution in [0, 0.1) is 0 Å². The van der Waals surface area contributed by atoms with Crippen molar-refractivity contribution >= 4 is 69.5 Å². The molecule has 0 saturated carbocycles. The highest BCUT2D eigenvalue weighted by Crippen LogP contribution is 2.39. The third kappa shape index (κ3) is 5.92. The van der Waals surface area contributed by atoms with Crippen molar-refractivity contribution in [2.75, 3.05) is 13.2 Å². The number of halogens is 2. The van der Waals surface area contributed by atoms with Crippen LogP contribution in [0.25, 0.3) is 6.08 Å². The number of carboxylic acids is 1. The van der Waals surface area contributed by atoms with Gasteiger partial charge in [-0.15, -0.1) is 0 Å². The summed E-state index contributed by atoms with van der Waals surface area (Å²) in [6, 6.07) is 10.6. The maximum Gasteiger partial charge on any atom is 0.323 e. The van der Waals surface area contributed by atoms with Gasteiger partial charge in [-0.25, -0.2) is 0 Å². The Balaban J connectivity index is 1.85. The molecule has 0 unspecified atom stereocenters. The molecule has 0 aliphatic carbocycles. The normalized spacial score (nSPS) is 14.9. The van der Waals surface area contributed by atoms with E-state index in [1.54, 1.807) is 30.3 Å². The quantitative estimate of drug-likeness (QED) is 0.393. The van der Waals surface area contributed by atoms with Crippen LogP contribution in [-0.2, 0) is 16.2 Å². The minimum Gasteiger partial charge on any atom is -0.490 e. The van der Waals surface area contributed by atoms with Crippen molar-refractivity contribution in [3.8, 4) is 11.5 Å². The maximum atomic E-state index is 12.5. The highest BCUT2D eigenvalue weighted by atomic mass is 35.5. The highest BCUT2D eigenvalue weighted by molar-refractivity contribution is 8.26. The van der Waals surface area contributed by atoms with Gasteiger partial charge in [0.15, 0.2) is 11.5 Å². The molecule has 1 aliphatic heterocycles. The Bertz CT molecular complexity index is 1060. The predicted molar refractivity (Wildman–Crippen MR) is 126 cm³/mol. The molecule has 6 nitrogen and oxygen atoms in total. The number of hydrogen-bond donors (Lipinski definition) is 1. The Morgan fingerprint density at radius 2 is 1.94 bits per heavy atom. The summed E-state index contributed by atoms with van der Waals surface area (Å²) in [7, 11) is 0. The lowest BCUT2D eigenvalue weighted by Crippen LogP contribution is -2.33. The van der Waals surface area contributed by atoms with Gasteiger partial charge in [0.05, 0.1) is 16.5 Å². The number of thiocarbonyl (C=S) groups is 1. The zero-order valence-electron chi connectivity index (χ0n) is 16.3. The molecule has 0 spiro atoms. The average Bonchev–Trinajstić information content (AvgIpc) is 2.96. The third-order valence-corrected chi connectivity index (χ3v) is 6.00. The van der Waals surface area contributed by atoms with E-state index >= 15 is 0 Å². The van der Waals surface area contributed by atoms with E-state index in [4.69, 9.17) is 50.0 Å². The second kappa shape index (κ2) is 10.4. The number of benzene rings is 2. The SMILES string of the molecule is CCOc1cc(/C=C2/SC(=S)N(CC(=O)O)C2=O)cc(Cl)c1OCc1ccc(Cl)cc1. The van der Waals surface area contributed by atoms with Crippen LogP contribution in [0.4, 0.5) is 0 Å². The molecular formula is C21H17Cl2NO5S2. The minimum atomic E-state index is -1.14. The molecular weight excluding hydrogens is 481 g/mol. The van der Waals surface area contributed by atoms with Gasteiger partial charge in [-0.1, -0.05) is 59.3 Å². The van der Waals surface area contributed by atoms with Crippen LogP contribution in [0.2, 0.25) is 10.0 Å². The lowest BCUT2D eigenvalue weighted by atomic mass is 10.1. The Kier molecular flexibility index (Phi) is 7.83. The van der Waals surface area contributed by atoms with Crippen LogP contribution >= 0.6 is 47.2 Å². The maximum absolute atomic E-state index is 12.5. The second-order valence-electron chi connectivity index (χ2n) is 6.34. The molecule has 2 aromatic carbocycles. The minimum absolute atomic E-state index is 0.192. The summed E-state index contributed by atoms with van der Waals surface area (Å²) in [5.41, 5.74) is 1.51. The molecule has 1 amide bonds. The van der Waals surface area contributed by atoms with Crippen molar-refractivity contribution in [1.82, 2.24) is 4.90 Å². The van der Waals surface area contributed by atoms with Crippen molar-refractivity contribution < 1.29 is 24.2 Å². The van der Waals surface area contributed by atoms with Crippen LogP contribution in [0.15, 0.2) is 41.3 Å². The number of nitrogens with zero attached hydrogens (tertiary/aromatic N) is 1. The number of aliphatic carboxylic acids is 1. The van der Waals surface area contributed by atoms with Crippen molar-refractivity contribution in [2.24, 2.45) is 0 Å². The monoisotopic (exact) mass is 497 g/mol. The number of carboxylic acid groups (broad SMARTS) is 1. The lowest BCUT2D eigenvalue weighted by molar-refractivity contribution is -0.140. The summed E-state index contributed by atoms with van der Waals surface area (Å²) >= 11 is 18.5. The second-order valence-corrected chi connectivity index (χ2v) is 8.86. The molecule has 3 rings (SSSR count). The van der Waals surface area contributed by atoms with Gasteiger partial charge >= 0.3 is 5.97 Å². The molecule has 1 aliphatic rings. The van der Waals surface area contributed by atoms with E-state index < -0.39 is 18.4 Å². The van der Waals surface area contributed by atoms with E-state index in [9.17, 15) is 9.59 Å². The van der Waals surface area contributed by atoms with Gasteiger partial charge in [-0.2, -0.15) is 0 Å². The molecule has 1 fully saturated rings. The summed E-state index contributed by atoms with van der Waals surface area (Å²) in [4.78, 5) is 24.8. The smallest absolute Gasteiger partial charge is 0.323 e. The fraction of sp³-hybridized carbons (Fsp3) is 0.190. The predicted octanol–water partition coefficient (Wildman–Crippen LogP) is 5.26. The molecule has 0 aromatic heterocycles. The number of carbonyl (C=O) groups is 2. The lowest BCUT2D eigenvalue weighted by Gasteiger charge is -2.15. The van der Waals surface area contributed by atoms with Gasteiger partial charge < -0.3 is 14.6 Å². The number of rotatable bonds is 8. The van der Waals surface area contributed by atoms with Crippen LogP contribution in [0.3, 0.4) is 0 Å². The van der Waals surface area contributed by atoms with Gasteiger partial charge in [-0.3, -0.25) is 14.5 Å². The van der Waals surface area contributed by atoms with E-state index in [2.05, 4.69) is 0 Å². The Morgan fingerprint density at radius 3 is 2.58 bits per heavy atom. The van der Waals surface area contributed by atoms with Crippen molar-refractivity contribution in [1.29, 1.82) is 0 Å². The largest absolute Gasteiger partial charge is 0.490 e. The van der Waals surface area contributed by atoms with Crippen LogP contribution < -0.4 is 9.47 Å². The van der Waals surface area contributed by atoms with E-state index in [1.165, 1.54) is 0 Å². The van der Waals surface area contributed by atoms with E-state index in [0.717, 1.165) is 22.2 Å². The fourth-order valence-corrected chi connectivity index (χ4v) is 4.39. The molecule has 0 radical (unpaired) electrons. The van der Waals surface area contributed by atoms with Gasteiger partial charge in [0, 0.05) is 5.02 Å². The summed E-state index contributed by atoms with van der Waals surface area (Å²) in [6.45, 7) is 2.01. The number of carbonyl (C=O) groups excluding carboxylic acids is 1. The van der Waals surface area contributed by atoms with Crippen LogP contribution in [-0.4, -0.2) is 39.4 Å². The zero-order valence-corrected chi connectivity index (χ0v) is 19.4. The van der Waals surface area contributed by atoms with Gasteiger partial charge in [0.2, 0.25) is 0 Å². The number of ether oxygens (including phenoxy) is 2. The molecule has 2 aromatic rings. The molecule has 1 heterocycles. The first kappa shape index (κ1) is 23.4. The molecule has 10 heteroatoms. The van der Waals surface area contributed by atoms with E-state index in [0.29, 0.717) is 38.6 Å². The van der Waals surface area contributed by atoms with Crippen molar-refractivity contribution in [3.05, 3.63) is 62.5 Å². The standard InChI is InChI=1S/C21H17Cl2NO5S2/c1-2-28-16-8-13(9-17-20(27)24(10-18(25)26)21(30)31-17)7-15(23)19(16)29-11-12-3-5-14(22)6-4-12/h3-9H,2,10-11H2,1H3,(H,25,26)/b17-9+. The molecule has 162 valence electrons. The van der Waals surface area contributed by atoms with Crippen LogP contribution in [0.1, 0.15) is 18.1 Å². The summed E-state index contributed by atoms with van der Waals surface area (Å²) in [5.74, 6) is -0.791. The fourth-order valence-electron chi connectivity index (χ4n) is 2.73. The van der Waals surface area contributed by atoms with E-state index in [-0.39, 0.29) is 10.9 Å². The first-order chi connectivity index (χ1) is 14.8. The molecule has 1 N–H and O–H groups in total. The Labute approximate surface area is 198 Å². The van der Waals surface area contributed by atoms with Gasteiger partial charge in [0.25, 0.3) is 5.91 Å². The zero-order chi connectivity index (χ0) is 22.5. The number of hydrogen-bond acceptors (Lipinski definition) is 6. The molecule has 1 saturated heterocycles. The van der Waals surface area contributed by atoms with Crippen molar-refractivity contribution in [3.63, 3.8) is 0 Å². The van der Waals surface area contributed by atoms with Gasteiger partial charge in [-0.05, 0) is 48.4 Å². The number of thioether (sulfide) groups is 1. The Morgan fingerprint density at radius 1 is 1.23 bits per heavy atom. The third-order valence-electron chi connectivity index (χ3n) is 4.09. The summed E-state index contributed by atoms with van der Waals surface area (Å²) in [5, 5.41) is 9.90. The highest BCUT2D eigenvalue weighted by Gasteiger charge is 2.33.